The van der Waals surface area contributed by atoms with Crippen molar-refractivity contribution in [1.82, 2.24) is 16.0 Å². The Morgan fingerprint density at radius 2 is 2.10 bits per heavy atom. The summed E-state index contributed by atoms with van der Waals surface area (Å²) in [6.45, 7) is 5.88. The molecule has 1 atom stereocenters. The van der Waals surface area contributed by atoms with E-state index in [-0.39, 0.29) is 30.3 Å². The summed E-state index contributed by atoms with van der Waals surface area (Å²) in [4.78, 5) is 23.1. The van der Waals surface area contributed by atoms with Crippen LogP contribution in [0.5, 0.6) is 0 Å². The van der Waals surface area contributed by atoms with Gasteiger partial charge in [-0.15, -0.1) is 12.4 Å². The van der Waals surface area contributed by atoms with E-state index in [9.17, 15) is 9.59 Å². The van der Waals surface area contributed by atoms with Crippen LogP contribution in [0, 0.1) is 0 Å². The molecule has 0 radical (unpaired) electrons. The van der Waals surface area contributed by atoms with E-state index in [1.807, 2.05) is 19.2 Å². The van der Waals surface area contributed by atoms with Gasteiger partial charge in [-0.05, 0) is 24.9 Å². The molecule has 0 unspecified atom stereocenters. The Balaban J connectivity index is 0.00000361. The largest absolute Gasteiger partial charge is 0.354 e. The molecule has 3 N–H and O–H groups in total. The summed E-state index contributed by atoms with van der Waals surface area (Å²) in [6.07, 6.45) is 0.300. The average Bonchev–Trinajstić information content (AvgIpc) is 2.90. The molecule has 114 valence electrons. The van der Waals surface area contributed by atoms with Crippen LogP contribution in [0.2, 0.25) is 0 Å². The van der Waals surface area contributed by atoms with E-state index in [4.69, 9.17) is 0 Å². The van der Waals surface area contributed by atoms with E-state index in [0.717, 1.165) is 6.54 Å². The zero-order valence-corrected chi connectivity index (χ0v) is 13.4. The quantitative estimate of drug-likeness (QED) is 0.678. The normalized spacial score (nSPS) is 11.3. The van der Waals surface area contributed by atoms with Crippen molar-refractivity contribution < 1.29 is 9.59 Å². The fourth-order valence-electron chi connectivity index (χ4n) is 1.56. The van der Waals surface area contributed by atoms with Gasteiger partial charge in [-0.1, -0.05) is 6.92 Å². The topological polar surface area (TPSA) is 70.2 Å². The highest BCUT2D eigenvalue weighted by atomic mass is 35.5. The van der Waals surface area contributed by atoms with Gasteiger partial charge in [0, 0.05) is 36.5 Å². The second kappa shape index (κ2) is 10.7. The van der Waals surface area contributed by atoms with Crippen LogP contribution < -0.4 is 16.0 Å². The van der Waals surface area contributed by atoms with Crippen molar-refractivity contribution in [3.8, 4) is 0 Å². The van der Waals surface area contributed by atoms with Gasteiger partial charge >= 0.3 is 0 Å². The van der Waals surface area contributed by atoms with Gasteiger partial charge in [0.05, 0.1) is 0 Å². The lowest BCUT2D eigenvalue weighted by atomic mass is 10.3. The van der Waals surface area contributed by atoms with Crippen molar-refractivity contribution in [2.75, 3.05) is 19.6 Å². The molecular formula is C13H22ClN3O2S. The molecule has 1 rings (SSSR count). The number of hydrogen-bond donors (Lipinski definition) is 3. The molecular weight excluding hydrogens is 298 g/mol. The maximum Gasteiger partial charge on any atom is 0.252 e. The minimum atomic E-state index is -0.130. The molecule has 1 aromatic heterocycles. The maximum atomic E-state index is 11.6. The third-order valence-electron chi connectivity index (χ3n) is 2.58. The monoisotopic (exact) mass is 319 g/mol. The van der Waals surface area contributed by atoms with Crippen LogP contribution in [-0.4, -0.2) is 37.5 Å². The minimum Gasteiger partial charge on any atom is -0.354 e. The molecule has 0 saturated heterocycles. The molecule has 0 aliphatic rings. The number of thiophene rings is 1. The predicted molar refractivity (Wildman–Crippen MR) is 84.7 cm³/mol. The Labute approximate surface area is 129 Å². The average molecular weight is 320 g/mol. The fourth-order valence-corrected chi connectivity index (χ4v) is 2.20. The molecule has 0 aromatic carbocycles. The summed E-state index contributed by atoms with van der Waals surface area (Å²) < 4.78 is 0. The number of carbonyl (C=O) groups is 2. The van der Waals surface area contributed by atoms with Crippen LogP contribution in [0.1, 0.15) is 30.6 Å². The second-order valence-corrected chi connectivity index (χ2v) is 5.06. The summed E-state index contributed by atoms with van der Waals surface area (Å²) >= 11 is 1.48. The first-order chi connectivity index (χ1) is 9.13. The van der Waals surface area contributed by atoms with Crippen molar-refractivity contribution in [1.29, 1.82) is 0 Å². The maximum absolute atomic E-state index is 11.6. The highest BCUT2D eigenvalue weighted by molar-refractivity contribution is 7.08. The molecule has 0 spiro atoms. The standard InChI is InChI=1S/C13H21N3O2S.ClH/c1-3-14-10(2)8-16-12(17)4-6-15-13(18)11-5-7-19-9-11;/h5,7,9-10,14H,3-4,6,8H2,1-2H3,(H,15,18)(H,16,17);1H/t10-;/m1./s1. The Bertz CT molecular complexity index is 398. The van der Waals surface area contributed by atoms with E-state index < -0.39 is 0 Å². The van der Waals surface area contributed by atoms with Gasteiger partial charge in [0.25, 0.3) is 5.91 Å². The first kappa shape index (κ1) is 18.9. The number of rotatable bonds is 8. The summed E-state index contributed by atoms with van der Waals surface area (Å²) in [7, 11) is 0. The van der Waals surface area contributed by atoms with Crippen LogP contribution in [-0.2, 0) is 4.79 Å². The van der Waals surface area contributed by atoms with Gasteiger partial charge in [-0.25, -0.2) is 0 Å². The summed E-state index contributed by atoms with van der Waals surface area (Å²) in [5, 5.41) is 12.4. The molecule has 1 heterocycles. The molecule has 1 aromatic rings. The summed E-state index contributed by atoms with van der Waals surface area (Å²) in [5.74, 6) is -0.176. The number of carbonyl (C=O) groups excluding carboxylic acids is 2. The first-order valence-corrected chi connectivity index (χ1v) is 7.38. The number of hydrogen-bond acceptors (Lipinski definition) is 4. The SMILES string of the molecule is CCN[C@H](C)CNC(=O)CCNC(=O)c1ccsc1.Cl. The van der Waals surface area contributed by atoms with Crippen molar-refractivity contribution in [2.45, 2.75) is 26.3 Å². The van der Waals surface area contributed by atoms with Gasteiger partial charge in [0.2, 0.25) is 5.91 Å². The van der Waals surface area contributed by atoms with Gasteiger partial charge in [0.15, 0.2) is 0 Å². The van der Waals surface area contributed by atoms with E-state index in [0.29, 0.717) is 25.1 Å². The molecule has 7 heteroatoms. The van der Waals surface area contributed by atoms with E-state index in [1.165, 1.54) is 11.3 Å². The molecule has 2 amide bonds. The highest BCUT2D eigenvalue weighted by Crippen LogP contribution is 2.04. The predicted octanol–water partition coefficient (Wildman–Crippen LogP) is 1.40. The molecule has 0 saturated carbocycles. The Kier molecular flexibility index (Phi) is 10.1. The number of likely N-dealkylation sites (N-methyl/N-ethyl adjacent to an activating group) is 1. The van der Waals surface area contributed by atoms with Gasteiger partial charge in [0.1, 0.15) is 0 Å². The number of amides is 2. The van der Waals surface area contributed by atoms with Gasteiger partial charge < -0.3 is 16.0 Å². The summed E-state index contributed by atoms with van der Waals surface area (Å²) in [5.41, 5.74) is 0.645. The van der Waals surface area contributed by atoms with Crippen molar-refractivity contribution in [3.63, 3.8) is 0 Å². The lowest BCUT2D eigenvalue weighted by molar-refractivity contribution is -0.121. The van der Waals surface area contributed by atoms with Crippen molar-refractivity contribution in [2.24, 2.45) is 0 Å². The fraction of sp³-hybridized carbons (Fsp3) is 0.538. The zero-order valence-electron chi connectivity index (χ0n) is 11.8. The molecule has 0 aliphatic heterocycles. The summed E-state index contributed by atoms with van der Waals surface area (Å²) in [6, 6.07) is 2.02. The van der Waals surface area contributed by atoms with Crippen molar-refractivity contribution in [3.05, 3.63) is 22.4 Å². The molecule has 5 nitrogen and oxygen atoms in total. The smallest absolute Gasteiger partial charge is 0.252 e. The van der Waals surface area contributed by atoms with Gasteiger partial charge in [-0.2, -0.15) is 11.3 Å². The molecule has 0 fully saturated rings. The lowest BCUT2D eigenvalue weighted by Crippen LogP contribution is -2.39. The van der Waals surface area contributed by atoms with Gasteiger partial charge in [-0.3, -0.25) is 9.59 Å². The van der Waals surface area contributed by atoms with E-state index >= 15 is 0 Å². The highest BCUT2D eigenvalue weighted by Gasteiger charge is 2.07. The Morgan fingerprint density at radius 3 is 2.70 bits per heavy atom. The van der Waals surface area contributed by atoms with Crippen LogP contribution in [0.25, 0.3) is 0 Å². The van der Waals surface area contributed by atoms with Crippen LogP contribution in [0.4, 0.5) is 0 Å². The van der Waals surface area contributed by atoms with Crippen molar-refractivity contribution >= 4 is 35.6 Å². The Hall–Kier alpha value is -1.11. The van der Waals surface area contributed by atoms with E-state index in [1.54, 1.807) is 11.4 Å². The third-order valence-corrected chi connectivity index (χ3v) is 3.26. The molecule has 0 aliphatic carbocycles. The molecule has 0 bridgehead atoms. The molecule has 20 heavy (non-hydrogen) atoms. The second-order valence-electron chi connectivity index (χ2n) is 4.28. The first-order valence-electron chi connectivity index (χ1n) is 6.44. The van der Waals surface area contributed by atoms with Crippen LogP contribution in [0.15, 0.2) is 16.8 Å². The zero-order chi connectivity index (χ0) is 14.1. The number of halogens is 1. The van der Waals surface area contributed by atoms with Crippen LogP contribution in [0.3, 0.4) is 0 Å². The third kappa shape index (κ3) is 7.47. The lowest BCUT2D eigenvalue weighted by Gasteiger charge is -2.13. The Morgan fingerprint density at radius 1 is 1.35 bits per heavy atom. The number of nitrogens with one attached hydrogen (secondary N) is 3. The van der Waals surface area contributed by atoms with Crippen LogP contribution >= 0.6 is 23.7 Å². The minimum absolute atomic E-state index is 0. The van der Waals surface area contributed by atoms with E-state index in [2.05, 4.69) is 16.0 Å².